The van der Waals surface area contributed by atoms with Crippen LogP contribution >= 0.6 is 0 Å². The van der Waals surface area contributed by atoms with Crippen LogP contribution in [0, 0.1) is 0 Å². The molecule has 88 valence electrons. The van der Waals surface area contributed by atoms with E-state index in [1.54, 1.807) is 0 Å². The maximum atomic E-state index is 3.43. The summed E-state index contributed by atoms with van der Waals surface area (Å²) >= 11 is 0. The molecule has 0 aromatic heterocycles. The lowest BCUT2D eigenvalue weighted by molar-refractivity contribution is 0.304. The summed E-state index contributed by atoms with van der Waals surface area (Å²) in [5.74, 6) is 0. The molecular weight excluding hydrogens is 196 g/mol. The van der Waals surface area contributed by atoms with Crippen LogP contribution in [0.1, 0.15) is 18.9 Å². The molecular formula is C14H22N2. The molecule has 2 heteroatoms. The molecule has 1 heterocycles. The lowest BCUT2D eigenvalue weighted by Gasteiger charge is -2.24. The monoisotopic (exact) mass is 218 g/mol. The van der Waals surface area contributed by atoms with Gasteiger partial charge in [-0.2, -0.15) is 0 Å². The molecule has 16 heavy (non-hydrogen) atoms. The Kier molecular flexibility index (Phi) is 3.62. The van der Waals surface area contributed by atoms with Crippen molar-refractivity contribution in [2.75, 3.05) is 26.7 Å². The second-order valence-electron chi connectivity index (χ2n) is 5.07. The van der Waals surface area contributed by atoms with Crippen LogP contribution in [0.4, 0.5) is 0 Å². The minimum absolute atomic E-state index is 0.330. The first-order chi connectivity index (χ1) is 7.72. The Morgan fingerprint density at radius 3 is 2.69 bits per heavy atom. The Labute approximate surface area is 98.7 Å². The second-order valence-corrected chi connectivity index (χ2v) is 5.07. The summed E-state index contributed by atoms with van der Waals surface area (Å²) in [5.41, 5.74) is 1.78. The zero-order chi connectivity index (χ0) is 11.4. The number of rotatable bonds is 4. The number of benzene rings is 1. The van der Waals surface area contributed by atoms with Gasteiger partial charge < -0.3 is 10.2 Å². The molecule has 2 rings (SSSR count). The van der Waals surface area contributed by atoms with E-state index in [-0.39, 0.29) is 0 Å². The third-order valence-corrected chi connectivity index (χ3v) is 3.72. The minimum Gasteiger partial charge on any atom is -0.313 e. The van der Waals surface area contributed by atoms with E-state index in [2.05, 4.69) is 54.5 Å². The van der Waals surface area contributed by atoms with Crippen molar-refractivity contribution in [3.63, 3.8) is 0 Å². The summed E-state index contributed by atoms with van der Waals surface area (Å²) < 4.78 is 0. The highest BCUT2D eigenvalue weighted by Crippen LogP contribution is 2.20. The second kappa shape index (κ2) is 4.98. The molecule has 0 radical (unpaired) electrons. The number of nitrogens with zero attached hydrogens (tertiary/aromatic N) is 1. The van der Waals surface area contributed by atoms with Crippen molar-refractivity contribution in [1.82, 2.24) is 10.2 Å². The largest absolute Gasteiger partial charge is 0.313 e. The number of likely N-dealkylation sites (N-methyl/N-ethyl adjacent to an activating group) is 1. The molecule has 1 aromatic carbocycles. The molecule has 0 saturated carbocycles. The summed E-state index contributed by atoms with van der Waals surface area (Å²) in [5, 5.41) is 3.43. The van der Waals surface area contributed by atoms with Crippen molar-refractivity contribution in [2.45, 2.75) is 25.3 Å². The average molecular weight is 218 g/mol. The van der Waals surface area contributed by atoms with Crippen LogP contribution in [-0.2, 0) is 6.42 Å². The van der Waals surface area contributed by atoms with Crippen molar-refractivity contribution in [3.8, 4) is 0 Å². The molecule has 0 aliphatic carbocycles. The molecule has 1 aliphatic rings. The fourth-order valence-electron chi connectivity index (χ4n) is 2.38. The summed E-state index contributed by atoms with van der Waals surface area (Å²) in [6.45, 7) is 5.90. The highest BCUT2D eigenvalue weighted by Gasteiger charge is 2.31. The van der Waals surface area contributed by atoms with Gasteiger partial charge in [-0.1, -0.05) is 30.3 Å². The Bertz CT molecular complexity index is 323. The predicted molar refractivity (Wildman–Crippen MR) is 68.7 cm³/mol. The summed E-state index contributed by atoms with van der Waals surface area (Å²) in [6.07, 6.45) is 2.43. The van der Waals surface area contributed by atoms with Crippen molar-refractivity contribution < 1.29 is 0 Å². The van der Waals surface area contributed by atoms with Crippen LogP contribution in [0.25, 0.3) is 0 Å². The lowest BCUT2D eigenvalue weighted by Crippen LogP contribution is -2.42. The highest BCUT2D eigenvalue weighted by molar-refractivity contribution is 5.15. The van der Waals surface area contributed by atoms with Gasteiger partial charge in [0.1, 0.15) is 0 Å². The van der Waals surface area contributed by atoms with Crippen molar-refractivity contribution in [2.24, 2.45) is 0 Å². The standard InChI is InChI=1S/C14H22N2/c1-14(15-2)9-11-16(12-14)10-8-13-6-4-3-5-7-13/h3-7,15H,8-12H2,1-2H3. The molecule has 0 amide bonds. The maximum Gasteiger partial charge on any atom is 0.0289 e. The lowest BCUT2D eigenvalue weighted by atomic mass is 10.0. The summed E-state index contributed by atoms with van der Waals surface area (Å²) in [4.78, 5) is 2.56. The molecule has 1 atom stereocenters. The van der Waals surface area contributed by atoms with Gasteiger partial charge in [-0.15, -0.1) is 0 Å². The minimum atomic E-state index is 0.330. The van der Waals surface area contributed by atoms with E-state index in [1.165, 1.54) is 38.0 Å². The van der Waals surface area contributed by atoms with E-state index < -0.39 is 0 Å². The first-order valence-electron chi connectivity index (χ1n) is 6.17. The van der Waals surface area contributed by atoms with Gasteiger partial charge in [0.15, 0.2) is 0 Å². The Morgan fingerprint density at radius 2 is 2.06 bits per heavy atom. The molecule has 0 spiro atoms. The van der Waals surface area contributed by atoms with Crippen LogP contribution < -0.4 is 5.32 Å². The van der Waals surface area contributed by atoms with Crippen LogP contribution in [0.2, 0.25) is 0 Å². The van der Waals surface area contributed by atoms with E-state index in [9.17, 15) is 0 Å². The van der Waals surface area contributed by atoms with Crippen LogP contribution in [0.3, 0.4) is 0 Å². The van der Waals surface area contributed by atoms with Gasteiger partial charge in [-0.3, -0.25) is 0 Å². The van der Waals surface area contributed by atoms with Gasteiger partial charge in [0.05, 0.1) is 0 Å². The molecule has 2 nitrogen and oxygen atoms in total. The molecule has 1 aliphatic heterocycles. The van der Waals surface area contributed by atoms with E-state index in [0.717, 1.165) is 0 Å². The number of likely N-dealkylation sites (tertiary alicyclic amines) is 1. The SMILES string of the molecule is CNC1(C)CCN(CCc2ccccc2)C1. The maximum absolute atomic E-state index is 3.43. The highest BCUT2D eigenvalue weighted by atomic mass is 15.2. The molecule has 1 N–H and O–H groups in total. The fraction of sp³-hybridized carbons (Fsp3) is 0.571. The number of hydrogen-bond acceptors (Lipinski definition) is 2. The normalized spacial score (nSPS) is 26.1. The van der Waals surface area contributed by atoms with Gasteiger partial charge in [-0.25, -0.2) is 0 Å². The molecule has 0 bridgehead atoms. The molecule has 1 aromatic rings. The third-order valence-electron chi connectivity index (χ3n) is 3.72. The van der Waals surface area contributed by atoms with E-state index in [0.29, 0.717) is 5.54 Å². The Hall–Kier alpha value is -0.860. The first-order valence-corrected chi connectivity index (χ1v) is 6.17. The molecule has 1 fully saturated rings. The Morgan fingerprint density at radius 1 is 1.31 bits per heavy atom. The summed E-state index contributed by atoms with van der Waals surface area (Å²) in [7, 11) is 2.07. The zero-order valence-corrected chi connectivity index (χ0v) is 10.4. The number of nitrogens with one attached hydrogen (secondary N) is 1. The number of hydrogen-bond donors (Lipinski definition) is 1. The first kappa shape index (κ1) is 11.6. The van der Waals surface area contributed by atoms with Gasteiger partial charge >= 0.3 is 0 Å². The van der Waals surface area contributed by atoms with Crippen molar-refractivity contribution in [3.05, 3.63) is 35.9 Å². The molecule has 1 unspecified atom stereocenters. The van der Waals surface area contributed by atoms with Gasteiger partial charge in [0.25, 0.3) is 0 Å². The van der Waals surface area contributed by atoms with Crippen LogP contribution in [0.15, 0.2) is 30.3 Å². The topological polar surface area (TPSA) is 15.3 Å². The van der Waals surface area contributed by atoms with Crippen molar-refractivity contribution >= 4 is 0 Å². The van der Waals surface area contributed by atoms with Gasteiger partial charge in [0.2, 0.25) is 0 Å². The van der Waals surface area contributed by atoms with Crippen LogP contribution in [-0.4, -0.2) is 37.1 Å². The van der Waals surface area contributed by atoms with Crippen molar-refractivity contribution in [1.29, 1.82) is 0 Å². The average Bonchev–Trinajstić information content (AvgIpc) is 2.71. The summed E-state index contributed by atoms with van der Waals surface area (Å²) in [6, 6.07) is 10.8. The quantitative estimate of drug-likeness (QED) is 0.830. The van der Waals surface area contributed by atoms with E-state index >= 15 is 0 Å². The predicted octanol–water partition coefficient (Wildman–Crippen LogP) is 1.91. The third kappa shape index (κ3) is 2.83. The smallest absolute Gasteiger partial charge is 0.0289 e. The molecule has 1 saturated heterocycles. The zero-order valence-electron chi connectivity index (χ0n) is 10.4. The Balaban J connectivity index is 1.80. The van der Waals surface area contributed by atoms with Gasteiger partial charge in [0, 0.05) is 25.2 Å². The van der Waals surface area contributed by atoms with Crippen LogP contribution in [0.5, 0.6) is 0 Å². The van der Waals surface area contributed by atoms with E-state index in [1.807, 2.05) is 0 Å². The van der Waals surface area contributed by atoms with E-state index in [4.69, 9.17) is 0 Å². The fourth-order valence-corrected chi connectivity index (χ4v) is 2.38. The van der Waals surface area contributed by atoms with Gasteiger partial charge in [-0.05, 0) is 32.4 Å².